The van der Waals surface area contributed by atoms with Gasteiger partial charge in [0.2, 0.25) is 0 Å². The molecular weight excluding hydrogens is 273 g/mol. The summed E-state index contributed by atoms with van der Waals surface area (Å²) in [5.74, 6) is -0.864. The van der Waals surface area contributed by atoms with Crippen LogP contribution in [0.1, 0.15) is 15.9 Å². The standard InChI is InChI=1S/C15H12FN3O2/c16-12-5-6-14-13(7-12)17-9-19(14)8-10-1-3-11(4-2-10)15(20)18-21/h1-7,9,21H,8H2,(H,18,20). The number of nitrogens with zero attached hydrogens (tertiary/aromatic N) is 2. The number of aromatic nitrogens is 2. The highest BCUT2D eigenvalue weighted by molar-refractivity contribution is 5.93. The van der Waals surface area contributed by atoms with Crippen molar-refractivity contribution in [3.8, 4) is 0 Å². The molecule has 3 aromatic rings. The molecule has 0 aliphatic heterocycles. The van der Waals surface area contributed by atoms with E-state index in [1.54, 1.807) is 42.1 Å². The Hall–Kier alpha value is -2.73. The van der Waals surface area contributed by atoms with Crippen LogP contribution in [0.15, 0.2) is 48.8 Å². The number of halogens is 1. The monoisotopic (exact) mass is 285 g/mol. The summed E-state index contributed by atoms with van der Waals surface area (Å²) in [6.07, 6.45) is 1.65. The summed E-state index contributed by atoms with van der Waals surface area (Å²) in [6.45, 7) is 0.559. The number of hydrogen-bond acceptors (Lipinski definition) is 3. The minimum absolute atomic E-state index is 0.313. The molecule has 0 radical (unpaired) electrons. The smallest absolute Gasteiger partial charge is 0.274 e. The van der Waals surface area contributed by atoms with Gasteiger partial charge in [0.05, 0.1) is 17.4 Å². The first-order chi connectivity index (χ1) is 10.2. The number of nitrogens with one attached hydrogen (secondary N) is 1. The second-order valence-electron chi connectivity index (χ2n) is 4.64. The third-order valence-corrected chi connectivity index (χ3v) is 3.25. The van der Waals surface area contributed by atoms with E-state index in [2.05, 4.69) is 4.98 Å². The van der Waals surface area contributed by atoms with Gasteiger partial charge in [0.15, 0.2) is 0 Å². The van der Waals surface area contributed by atoms with Gasteiger partial charge in [-0.3, -0.25) is 10.0 Å². The minimum atomic E-state index is -0.551. The van der Waals surface area contributed by atoms with Crippen LogP contribution in [-0.4, -0.2) is 20.7 Å². The summed E-state index contributed by atoms with van der Waals surface area (Å²) < 4.78 is 15.0. The highest BCUT2D eigenvalue weighted by atomic mass is 19.1. The van der Waals surface area contributed by atoms with Gasteiger partial charge in [0, 0.05) is 18.2 Å². The van der Waals surface area contributed by atoms with Crippen molar-refractivity contribution in [3.05, 3.63) is 65.7 Å². The summed E-state index contributed by atoms with van der Waals surface area (Å²) in [7, 11) is 0. The average Bonchev–Trinajstić information content (AvgIpc) is 2.89. The second kappa shape index (κ2) is 5.34. The SMILES string of the molecule is O=C(NO)c1ccc(Cn2cnc3cc(F)ccc32)cc1. The molecule has 0 atom stereocenters. The Labute approximate surface area is 119 Å². The van der Waals surface area contributed by atoms with Crippen molar-refractivity contribution in [3.63, 3.8) is 0 Å². The van der Waals surface area contributed by atoms with E-state index in [1.165, 1.54) is 12.1 Å². The van der Waals surface area contributed by atoms with Crippen molar-refractivity contribution in [1.82, 2.24) is 15.0 Å². The Kier molecular flexibility index (Phi) is 3.37. The van der Waals surface area contributed by atoms with Crippen LogP contribution >= 0.6 is 0 Å². The molecule has 106 valence electrons. The summed E-state index contributed by atoms with van der Waals surface area (Å²) in [5, 5.41) is 8.56. The Morgan fingerprint density at radius 1 is 1.24 bits per heavy atom. The lowest BCUT2D eigenvalue weighted by Crippen LogP contribution is -2.18. The van der Waals surface area contributed by atoms with Crippen LogP contribution in [0.25, 0.3) is 11.0 Å². The van der Waals surface area contributed by atoms with Crippen molar-refractivity contribution in [2.75, 3.05) is 0 Å². The topological polar surface area (TPSA) is 67.2 Å². The number of amides is 1. The number of hydrogen-bond donors (Lipinski definition) is 2. The highest BCUT2D eigenvalue weighted by Gasteiger charge is 2.06. The maximum absolute atomic E-state index is 13.1. The number of fused-ring (bicyclic) bond motifs is 1. The Morgan fingerprint density at radius 3 is 2.71 bits per heavy atom. The fourth-order valence-electron chi connectivity index (χ4n) is 2.19. The fraction of sp³-hybridized carbons (Fsp3) is 0.0667. The maximum Gasteiger partial charge on any atom is 0.274 e. The Morgan fingerprint density at radius 2 is 2.00 bits per heavy atom. The molecule has 1 heterocycles. The lowest BCUT2D eigenvalue weighted by atomic mass is 10.1. The molecule has 0 bridgehead atoms. The average molecular weight is 285 g/mol. The van der Waals surface area contributed by atoms with E-state index in [0.29, 0.717) is 17.6 Å². The van der Waals surface area contributed by atoms with Crippen molar-refractivity contribution in [2.24, 2.45) is 0 Å². The fourth-order valence-corrected chi connectivity index (χ4v) is 2.19. The molecule has 21 heavy (non-hydrogen) atoms. The van der Waals surface area contributed by atoms with Gasteiger partial charge in [-0.05, 0) is 29.8 Å². The first-order valence-electron chi connectivity index (χ1n) is 6.31. The van der Waals surface area contributed by atoms with E-state index >= 15 is 0 Å². The summed E-state index contributed by atoms with van der Waals surface area (Å²) in [4.78, 5) is 15.4. The molecule has 6 heteroatoms. The lowest BCUT2D eigenvalue weighted by molar-refractivity contribution is 0.0706. The van der Waals surface area contributed by atoms with Gasteiger partial charge < -0.3 is 4.57 Å². The first kappa shape index (κ1) is 13.3. The van der Waals surface area contributed by atoms with Crippen molar-refractivity contribution < 1.29 is 14.4 Å². The molecule has 0 saturated carbocycles. The number of hydroxylamine groups is 1. The highest BCUT2D eigenvalue weighted by Crippen LogP contribution is 2.16. The quantitative estimate of drug-likeness (QED) is 0.573. The number of carbonyl (C=O) groups excluding carboxylic acids is 1. The van der Waals surface area contributed by atoms with E-state index < -0.39 is 5.91 Å². The molecule has 0 saturated heterocycles. The maximum atomic E-state index is 13.1. The van der Waals surface area contributed by atoms with Crippen LogP contribution in [0, 0.1) is 5.82 Å². The zero-order chi connectivity index (χ0) is 14.8. The van der Waals surface area contributed by atoms with Crippen LogP contribution in [-0.2, 0) is 6.54 Å². The van der Waals surface area contributed by atoms with E-state index in [9.17, 15) is 9.18 Å². The zero-order valence-electron chi connectivity index (χ0n) is 11.0. The molecule has 1 amide bonds. The largest absolute Gasteiger partial charge is 0.326 e. The van der Waals surface area contributed by atoms with Crippen LogP contribution in [0.4, 0.5) is 4.39 Å². The zero-order valence-corrected chi connectivity index (χ0v) is 11.0. The van der Waals surface area contributed by atoms with Gasteiger partial charge in [-0.25, -0.2) is 14.9 Å². The van der Waals surface area contributed by atoms with Crippen molar-refractivity contribution in [1.29, 1.82) is 0 Å². The van der Waals surface area contributed by atoms with Gasteiger partial charge >= 0.3 is 0 Å². The number of carbonyl (C=O) groups is 1. The molecule has 2 aromatic carbocycles. The van der Waals surface area contributed by atoms with Crippen LogP contribution in [0.5, 0.6) is 0 Å². The van der Waals surface area contributed by atoms with Gasteiger partial charge in [0.25, 0.3) is 5.91 Å². The predicted molar refractivity (Wildman–Crippen MR) is 74.5 cm³/mol. The molecule has 0 aliphatic carbocycles. The molecule has 1 aromatic heterocycles. The predicted octanol–water partition coefficient (Wildman–Crippen LogP) is 2.34. The molecular formula is C15H12FN3O2. The molecule has 5 nitrogen and oxygen atoms in total. The molecule has 2 N–H and O–H groups in total. The molecule has 0 unspecified atom stereocenters. The van der Waals surface area contributed by atoms with Gasteiger partial charge in [0.1, 0.15) is 5.82 Å². The van der Waals surface area contributed by atoms with Crippen molar-refractivity contribution in [2.45, 2.75) is 6.54 Å². The summed E-state index contributed by atoms with van der Waals surface area (Å²) >= 11 is 0. The number of rotatable bonds is 3. The van der Waals surface area contributed by atoms with E-state index in [1.807, 2.05) is 4.57 Å². The first-order valence-corrected chi connectivity index (χ1v) is 6.31. The van der Waals surface area contributed by atoms with E-state index in [0.717, 1.165) is 11.1 Å². The van der Waals surface area contributed by atoms with Crippen LogP contribution in [0.3, 0.4) is 0 Å². The Bertz CT molecular complexity index is 796. The Balaban J connectivity index is 1.86. The number of imidazole rings is 1. The van der Waals surface area contributed by atoms with Gasteiger partial charge in [-0.2, -0.15) is 0 Å². The van der Waals surface area contributed by atoms with Gasteiger partial charge in [-0.15, -0.1) is 0 Å². The molecule has 0 aliphatic rings. The van der Waals surface area contributed by atoms with Crippen LogP contribution < -0.4 is 5.48 Å². The van der Waals surface area contributed by atoms with E-state index in [4.69, 9.17) is 5.21 Å². The van der Waals surface area contributed by atoms with E-state index in [-0.39, 0.29) is 5.82 Å². The normalized spacial score (nSPS) is 10.8. The third kappa shape index (κ3) is 2.61. The summed E-state index contributed by atoms with van der Waals surface area (Å²) in [6, 6.07) is 11.3. The minimum Gasteiger partial charge on any atom is -0.326 e. The third-order valence-electron chi connectivity index (χ3n) is 3.25. The number of benzene rings is 2. The second-order valence-corrected chi connectivity index (χ2v) is 4.64. The van der Waals surface area contributed by atoms with Gasteiger partial charge in [-0.1, -0.05) is 12.1 Å². The molecule has 3 rings (SSSR count). The van der Waals surface area contributed by atoms with Crippen LogP contribution in [0.2, 0.25) is 0 Å². The van der Waals surface area contributed by atoms with Crippen molar-refractivity contribution >= 4 is 16.9 Å². The molecule has 0 fully saturated rings. The summed E-state index contributed by atoms with van der Waals surface area (Å²) in [5.41, 5.74) is 4.37. The lowest BCUT2D eigenvalue weighted by Gasteiger charge is -2.05. The molecule has 0 spiro atoms.